The number of rotatable bonds is 2. The SMILES string of the molecule is CC1CCCC(N)(c2noc(-c3ccc(Br)cn3)n2)C1. The van der Waals surface area contributed by atoms with Gasteiger partial charge < -0.3 is 10.3 Å². The van der Waals surface area contributed by atoms with Gasteiger partial charge in [0, 0.05) is 10.7 Å². The standard InChI is InChI=1S/C14H17BrN4O/c1-9-3-2-6-14(16,7-9)13-18-12(20-19-13)11-5-4-10(15)8-17-11/h4-5,8-9H,2-3,6-7,16H2,1H3. The van der Waals surface area contributed by atoms with Crippen molar-refractivity contribution >= 4 is 15.9 Å². The molecule has 0 bridgehead atoms. The van der Waals surface area contributed by atoms with E-state index < -0.39 is 5.54 Å². The number of nitrogens with zero attached hydrogens (tertiary/aromatic N) is 3. The number of aromatic nitrogens is 3. The maximum Gasteiger partial charge on any atom is 0.276 e. The Kier molecular flexibility index (Phi) is 3.60. The van der Waals surface area contributed by atoms with Gasteiger partial charge in [0.05, 0.1) is 5.54 Å². The zero-order chi connectivity index (χ0) is 14.2. The quantitative estimate of drug-likeness (QED) is 0.910. The first-order chi connectivity index (χ1) is 9.57. The monoisotopic (exact) mass is 336 g/mol. The average molecular weight is 337 g/mol. The van der Waals surface area contributed by atoms with E-state index in [9.17, 15) is 0 Å². The number of hydrogen-bond donors (Lipinski definition) is 1. The first-order valence-electron chi connectivity index (χ1n) is 6.82. The summed E-state index contributed by atoms with van der Waals surface area (Å²) in [5.41, 5.74) is 6.68. The smallest absolute Gasteiger partial charge is 0.276 e. The van der Waals surface area contributed by atoms with Crippen LogP contribution in [0, 0.1) is 5.92 Å². The molecule has 1 fully saturated rings. The van der Waals surface area contributed by atoms with Gasteiger partial charge in [0.25, 0.3) is 5.89 Å². The Labute approximate surface area is 126 Å². The van der Waals surface area contributed by atoms with Gasteiger partial charge in [-0.15, -0.1) is 0 Å². The third-order valence-electron chi connectivity index (χ3n) is 3.85. The van der Waals surface area contributed by atoms with Gasteiger partial charge in [0.1, 0.15) is 5.69 Å². The van der Waals surface area contributed by atoms with E-state index in [1.807, 2.05) is 12.1 Å². The van der Waals surface area contributed by atoms with E-state index in [4.69, 9.17) is 10.3 Å². The van der Waals surface area contributed by atoms with Crippen LogP contribution in [-0.4, -0.2) is 15.1 Å². The lowest BCUT2D eigenvalue weighted by atomic mass is 9.76. The number of halogens is 1. The molecule has 1 aliphatic carbocycles. The van der Waals surface area contributed by atoms with Crippen molar-refractivity contribution < 1.29 is 4.52 Å². The Morgan fingerprint density at radius 1 is 1.45 bits per heavy atom. The maximum absolute atomic E-state index is 6.47. The van der Waals surface area contributed by atoms with Gasteiger partial charge in [-0.25, -0.2) is 4.98 Å². The van der Waals surface area contributed by atoms with E-state index in [0.29, 0.717) is 23.3 Å². The van der Waals surface area contributed by atoms with Gasteiger partial charge in [-0.3, -0.25) is 0 Å². The number of pyridine rings is 1. The van der Waals surface area contributed by atoms with E-state index in [1.54, 1.807) is 6.20 Å². The van der Waals surface area contributed by atoms with Crippen LogP contribution in [0.25, 0.3) is 11.6 Å². The van der Waals surface area contributed by atoms with Gasteiger partial charge in [-0.2, -0.15) is 4.98 Å². The van der Waals surface area contributed by atoms with Crippen molar-refractivity contribution in [3.8, 4) is 11.6 Å². The second-order valence-corrected chi connectivity index (χ2v) is 6.56. The predicted molar refractivity (Wildman–Crippen MR) is 78.7 cm³/mol. The normalized spacial score (nSPS) is 26.6. The van der Waals surface area contributed by atoms with Crippen LogP contribution < -0.4 is 5.73 Å². The fourth-order valence-electron chi connectivity index (χ4n) is 2.83. The van der Waals surface area contributed by atoms with Crippen molar-refractivity contribution in [1.82, 2.24) is 15.1 Å². The highest BCUT2D eigenvalue weighted by Crippen LogP contribution is 2.36. The Morgan fingerprint density at radius 3 is 3.00 bits per heavy atom. The van der Waals surface area contributed by atoms with Gasteiger partial charge in [-0.05, 0) is 46.8 Å². The molecule has 0 amide bonds. The molecule has 106 valence electrons. The zero-order valence-corrected chi connectivity index (χ0v) is 12.9. The second-order valence-electron chi connectivity index (χ2n) is 5.64. The first-order valence-corrected chi connectivity index (χ1v) is 7.61. The highest BCUT2D eigenvalue weighted by molar-refractivity contribution is 9.10. The van der Waals surface area contributed by atoms with Crippen LogP contribution in [0.15, 0.2) is 27.3 Å². The van der Waals surface area contributed by atoms with E-state index in [-0.39, 0.29) is 0 Å². The molecule has 2 aromatic heterocycles. The van der Waals surface area contributed by atoms with Crippen molar-refractivity contribution in [2.45, 2.75) is 38.1 Å². The third kappa shape index (κ3) is 2.62. The van der Waals surface area contributed by atoms with Crippen molar-refractivity contribution in [3.63, 3.8) is 0 Å². The summed E-state index contributed by atoms with van der Waals surface area (Å²) in [5, 5.41) is 4.08. The topological polar surface area (TPSA) is 77.8 Å². The minimum Gasteiger partial charge on any atom is -0.332 e. The van der Waals surface area contributed by atoms with Crippen LogP contribution in [0.4, 0.5) is 0 Å². The molecule has 2 N–H and O–H groups in total. The van der Waals surface area contributed by atoms with Gasteiger partial charge >= 0.3 is 0 Å². The van der Waals surface area contributed by atoms with Crippen LogP contribution >= 0.6 is 15.9 Å². The lowest BCUT2D eigenvalue weighted by Gasteiger charge is -2.33. The second kappa shape index (κ2) is 5.26. The minimum absolute atomic E-state index is 0.426. The highest BCUT2D eigenvalue weighted by atomic mass is 79.9. The number of hydrogen-bond acceptors (Lipinski definition) is 5. The fraction of sp³-hybridized carbons (Fsp3) is 0.500. The summed E-state index contributed by atoms with van der Waals surface area (Å²) < 4.78 is 6.24. The highest BCUT2D eigenvalue weighted by Gasteiger charge is 2.37. The number of nitrogens with two attached hydrogens (primary N) is 1. The van der Waals surface area contributed by atoms with Gasteiger partial charge in [0.15, 0.2) is 5.82 Å². The lowest BCUT2D eigenvalue weighted by Crippen LogP contribution is -2.42. The molecule has 0 saturated heterocycles. The molecule has 5 nitrogen and oxygen atoms in total. The molecule has 2 heterocycles. The molecular weight excluding hydrogens is 320 g/mol. The van der Waals surface area contributed by atoms with Crippen LogP contribution in [0.1, 0.15) is 38.4 Å². The fourth-order valence-corrected chi connectivity index (χ4v) is 3.06. The van der Waals surface area contributed by atoms with Crippen LogP contribution in [0.2, 0.25) is 0 Å². The van der Waals surface area contributed by atoms with E-state index in [0.717, 1.165) is 23.7 Å². The predicted octanol–water partition coefficient (Wildman–Crippen LogP) is 3.26. The molecule has 2 aromatic rings. The molecule has 0 aliphatic heterocycles. The lowest BCUT2D eigenvalue weighted by molar-refractivity contribution is 0.222. The maximum atomic E-state index is 6.47. The summed E-state index contributed by atoms with van der Waals surface area (Å²) in [7, 11) is 0. The summed E-state index contributed by atoms with van der Waals surface area (Å²) in [6, 6.07) is 3.74. The minimum atomic E-state index is -0.464. The van der Waals surface area contributed by atoms with E-state index >= 15 is 0 Å². The van der Waals surface area contributed by atoms with Gasteiger partial charge in [-0.1, -0.05) is 24.9 Å². The Bertz CT molecular complexity index is 597. The Morgan fingerprint density at radius 2 is 2.30 bits per heavy atom. The van der Waals surface area contributed by atoms with Crippen molar-refractivity contribution in [2.24, 2.45) is 11.7 Å². The molecule has 0 radical (unpaired) electrons. The molecule has 20 heavy (non-hydrogen) atoms. The zero-order valence-electron chi connectivity index (χ0n) is 11.3. The summed E-state index contributed by atoms with van der Waals surface area (Å²) in [4.78, 5) is 8.72. The summed E-state index contributed by atoms with van der Waals surface area (Å²) >= 11 is 3.35. The summed E-state index contributed by atoms with van der Waals surface area (Å²) in [6.07, 6.45) is 5.85. The largest absolute Gasteiger partial charge is 0.332 e. The Hall–Kier alpha value is -1.27. The Balaban J connectivity index is 1.88. The van der Waals surface area contributed by atoms with Crippen LogP contribution in [0.5, 0.6) is 0 Å². The van der Waals surface area contributed by atoms with Crippen LogP contribution in [0.3, 0.4) is 0 Å². The molecule has 1 aliphatic rings. The van der Waals surface area contributed by atoms with Crippen molar-refractivity contribution in [1.29, 1.82) is 0 Å². The molecular formula is C14H17BrN4O. The molecule has 1 saturated carbocycles. The molecule has 2 atom stereocenters. The van der Waals surface area contributed by atoms with Crippen LogP contribution in [-0.2, 0) is 5.54 Å². The third-order valence-corrected chi connectivity index (χ3v) is 4.32. The van der Waals surface area contributed by atoms with Crippen molar-refractivity contribution in [2.75, 3.05) is 0 Å². The molecule has 0 spiro atoms. The molecule has 6 heteroatoms. The van der Waals surface area contributed by atoms with Crippen molar-refractivity contribution in [3.05, 3.63) is 28.6 Å². The molecule has 0 aromatic carbocycles. The summed E-state index contributed by atoms with van der Waals surface area (Å²) in [5.74, 6) is 1.63. The average Bonchev–Trinajstić information content (AvgIpc) is 2.90. The first kappa shape index (κ1) is 13.7. The van der Waals surface area contributed by atoms with Gasteiger partial charge in [0.2, 0.25) is 0 Å². The van der Waals surface area contributed by atoms with E-state index in [1.165, 1.54) is 6.42 Å². The molecule has 3 rings (SSSR count). The summed E-state index contributed by atoms with van der Waals surface area (Å²) in [6.45, 7) is 2.22. The molecule has 2 unspecified atom stereocenters. The van der Waals surface area contributed by atoms with E-state index in [2.05, 4.69) is 38.0 Å².